The van der Waals surface area contributed by atoms with Crippen molar-refractivity contribution in [1.29, 1.82) is 0 Å². The predicted molar refractivity (Wildman–Crippen MR) is 125 cm³/mol. The Labute approximate surface area is 201 Å². The number of alkyl halides is 3. The summed E-state index contributed by atoms with van der Waals surface area (Å²) in [6, 6.07) is 11.0. The van der Waals surface area contributed by atoms with Crippen molar-refractivity contribution >= 4 is 45.0 Å². The van der Waals surface area contributed by atoms with Crippen LogP contribution in [0, 0.1) is 6.92 Å². The van der Waals surface area contributed by atoms with Crippen LogP contribution in [-0.4, -0.2) is 25.0 Å². The maximum Gasteiger partial charge on any atom is 0.433 e. The van der Waals surface area contributed by atoms with E-state index < -0.39 is 28.1 Å². The molecular weight excluding hydrogens is 505 g/mol. The first-order valence-corrected chi connectivity index (χ1v) is 12.4. The van der Waals surface area contributed by atoms with Gasteiger partial charge in [-0.3, -0.25) is 9.82 Å². The molecule has 4 heterocycles. The number of benzene rings is 1. The molecule has 0 spiro atoms. The second-order valence-electron chi connectivity index (χ2n) is 7.62. The van der Waals surface area contributed by atoms with Crippen LogP contribution in [0.2, 0.25) is 0 Å². The summed E-state index contributed by atoms with van der Waals surface area (Å²) in [5.74, 6) is 0.438. The van der Waals surface area contributed by atoms with E-state index in [2.05, 4.69) is 14.8 Å². The zero-order valence-corrected chi connectivity index (χ0v) is 19.5. The molecule has 0 bridgehead atoms. The number of nitrogens with two attached hydrogens (primary N) is 1. The number of halogens is 3. The minimum Gasteiger partial charge on any atom is -0.446 e. The molecule has 0 saturated carbocycles. The van der Waals surface area contributed by atoms with Crippen LogP contribution < -0.4 is 15.4 Å². The number of fused-ring (bicyclic) bond motifs is 1. The molecule has 4 aromatic rings. The normalized spacial score (nSPS) is 15.9. The lowest BCUT2D eigenvalue weighted by Gasteiger charge is -2.29. The minimum absolute atomic E-state index is 0.0495. The number of aliphatic imine (C=N–C) groups is 1. The summed E-state index contributed by atoms with van der Waals surface area (Å²) < 4.78 is 72.5. The van der Waals surface area contributed by atoms with Crippen LogP contribution in [0.4, 0.5) is 30.4 Å². The fourth-order valence-corrected chi connectivity index (χ4v) is 6.03. The molecule has 1 aliphatic rings. The summed E-state index contributed by atoms with van der Waals surface area (Å²) >= 11 is 0.819. The Bertz CT molecular complexity index is 1520. The summed E-state index contributed by atoms with van der Waals surface area (Å²) in [5.41, 5.74) is 6.95. The molecule has 1 unspecified atom stereocenters. The van der Waals surface area contributed by atoms with E-state index in [1.807, 2.05) is 5.10 Å². The first-order valence-electron chi connectivity index (χ1n) is 10.1. The second kappa shape index (κ2) is 8.25. The Kier molecular flexibility index (Phi) is 5.45. The smallest absolute Gasteiger partial charge is 0.433 e. The number of nitrogens with one attached hydrogen (secondary N) is 2. The first kappa shape index (κ1) is 23.1. The SMILES string of the molecule is Cc1c(-c2ccc(S(=O)(=O)Nc3ccc(N4C=Nc5occc5C4N)cc3)s2)n[nH]c1C(F)(F)F. The lowest BCUT2D eigenvalue weighted by molar-refractivity contribution is -0.141. The van der Waals surface area contributed by atoms with Gasteiger partial charge in [-0.15, -0.1) is 11.3 Å². The Morgan fingerprint density at radius 3 is 2.60 bits per heavy atom. The van der Waals surface area contributed by atoms with Crippen LogP contribution in [0.5, 0.6) is 0 Å². The largest absolute Gasteiger partial charge is 0.446 e. The summed E-state index contributed by atoms with van der Waals surface area (Å²) in [6.07, 6.45) is -2.07. The second-order valence-corrected chi connectivity index (χ2v) is 10.6. The van der Waals surface area contributed by atoms with Gasteiger partial charge >= 0.3 is 6.18 Å². The molecule has 0 fully saturated rings. The van der Waals surface area contributed by atoms with Gasteiger partial charge in [0.2, 0.25) is 5.88 Å². The number of furan rings is 1. The third-order valence-electron chi connectivity index (χ3n) is 5.38. The molecule has 14 heteroatoms. The van der Waals surface area contributed by atoms with Crippen molar-refractivity contribution in [3.05, 3.63) is 65.5 Å². The van der Waals surface area contributed by atoms with Gasteiger partial charge in [-0.1, -0.05) is 0 Å². The number of aromatic amines is 1. The Morgan fingerprint density at radius 2 is 1.91 bits per heavy atom. The molecule has 0 aliphatic carbocycles. The molecule has 35 heavy (non-hydrogen) atoms. The number of aromatic nitrogens is 2. The molecule has 0 saturated heterocycles. The van der Waals surface area contributed by atoms with E-state index in [1.54, 1.807) is 35.2 Å². The quantitative estimate of drug-likeness (QED) is 0.338. The van der Waals surface area contributed by atoms with Gasteiger partial charge in [-0.05, 0) is 49.4 Å². The van der Waals surface area contributed by atoms with E-state index in [4.69, 9.17) is 10.2 Å². The number of thiophene rings is 1. The topological polar surface area (TPSA) is 130 Å². The van der Waals surface area contributed by atoms with E-state index in [9.17, 15) is 21.6 Å². The number of nitrogens with zero attached hydrogens (tertiary/aromatic N) is 3. The monoisotopic (exact) mass is 522 g/mol. The summed E-state index contributed by atoms with van der Waals surface area (Å²) in [6.45, 7) is 1.28. The van der Waals surface area contributed by atoms with Crippen LogP contribution in [-0.2, 0) is 16.2 Å². The van der Waals surface area contributed by atoms with E-state index in [0.717, 1.165) is 16.9 Å². The van der Waals surface area contributed by atoms with Gasteiger partial charge in [0.15, 0.2) is 0 Å². The van der Waals surface area contributed by atoms with Crippen molar-refractivity contribution in [2.45, 2.75) is 23.5 Å². The number of hydrogen-bond donors (Lipinski definition) is 3. The van der Waals surface area contributed by atoms with Crippen LogP contribution in [0.1, 0.15) is 23.0 Å². The van der Waals surface area contributed by atoms with Crippen molar-refractivity contribution in [2.24, 2.45) is 10.7 Å². The van der Waals surface area contributed by atoms with Crippen molar-refractivity contribution < 1.29 is 26.0 Å². The maximum atomic E-state index is 13.0. The van der Waals surface area contributed by atoms with Gasteiger partial charge in [-0.25, -0.2) is 13.4 Å². The molecule has 1 aliphatic heterocycles. The van der Waals surface area contributed by atoms with E-state index >= 15 is 0 Å². The highest BCUT2D eigenvalue weighted by Crippen LogP contribution is 2.38. The Morgan fingerprint density at radius 1 is 1.17 bits per heavy atom. The molecule has 5 rings (SSSR count). The van der Waals surface area contributed by atoms with Gasteiger partial charge in [0, 0.05) is 16.9 Å². The molecular formula is C21H17F3N6O3S2. The number of anilines is 2. The van der Waals surface area contributed by atoms with E-state index in [-0.39, 0.29) is 15.5 Å². The molecule has 9 nitrogen and oxygen atoms in total. The predicted octanol–water partition coefficient (Wildman–Crippen LogP) is 5.00. The highest BCUT2D eigenvalue weighted by molar-refractivity contribution is 7.94. The fourth-order valence-electron chi connectivity index (χ4n) is 3.62. The maximum absolute atomic E-state index is 13.0. The van der Waals surface area contributed by atoms with Gasteiger partial charge in [0.05, 0.1) is 16.7 Å². The Hall–Kier alpha value is -3.62. The molecule has 3 aromatic heterocycles. The van der Waals surface area contributed by atoms with Gasteiger partial charge in [0.1, 0.15) is 28.1 Å². The zero-order valence-electron chi connectivity index (χ0n) is 17.9. The lowest BCUT2D eigenvalue weighted by Crippen LogP contribution is -2.35. The molecule has 1 aromatic carbocycles. The summed E-state index contributed by atoms with van der Waals surface area (Å²) in [4.78, 5) is 6.21. The van der Waals surface area contributed by atoms with Crippen molar-refractivity contribution in [3.8, 4) is 10.6 Å². The molecule has 182 valence electrons. The van der Waals surface area contributed by atoms with Crippen LogP contribution in [0.15, 0.2) is 62.3 Å². The molecule has 0 amide bonds. The highest BCUT2D eigenvalue weighted by atomic mass is 32.2. The number of hydrogen-bond acceptors (Lipinski definition) is 8. The average molecular weight is 523 g/mol. The summed E-state index contributed by atoms with van der Waals surface area (Å²) in [5, 5.41) is 5.70. The van der Waals surface area contributed by atoms with Crippen LogP contribution in [0.25, 0.3) is 10.6 Å². The van der Waals surface area contributed by atoms with Crippen LogP contribution in [0.3, 0.4) is 0 Å². The van der Waals surface area contributed by atoms with Crippen molar-refractivity contribution in [1.82, 2.24) is 10.2 Å². The summed E-state index contributed by atoms with van der Waals surface area (Å²) in [7, 11) is -3.98. The van der Waals surface area contributed by atoms with Gasteiger partial charge < -0.3 is 15.1 Å². The van der Waals surface area contributed by atoms with Gasteiger partial charge in [0.25, 0.3) is 10.0 Å². The number of H-pyrrole nitrogens is 1. The van der Waals surface area contributed by atoms with Crippen molar-refractivity contribution in [3.63, 3.8) is 0 Å². The zero-order chi connectivity index (χ0) is 25.0. The molecule has 4 N–H and O–H groups in total. The number of rotatable bonds is 5. The lowest BCUT2D eigenvalue weighted by atomic mass is 10.2. The van der Waals surface area contributed by atoms with E-state index in [1.165, 1.54) is 31.7 Å². The highest BCUT2D eigenvalue weighted by Gasteiger charge is 2.36. The van der Waals surface area contributed by atoms with Crippen LogP contribution >= 0.6 is 11.3 Å². The fraction of sp³-hybridized carbons (Fsp3) is 0.143. The van der Waals surface area contributed by atoms with E-state index in [0.29, 0.717) is 22.1 Å². The molecule has 0 radical (unpaired) electrons. The standard InChI is InChI=1S/C21H17F3N6O3S2/c1-11-17(27-28-18(11)21(22,23)24)15-6-7-16(34-15)35(31,32)29-12-2-4-13(5-3-12)30-10-26-20-14(19(30)25)8-9-33-20/h2-10,19,29H,25H2,1H3,(H,27,28). The van der Waals surface area contributed by atoms with Gasteiger partial charge in [-0.2, -0.15) is 18.3 Å². The Balaban J connectivity index is 1.33. The van der Waals surface area contributed by atoms with Crippen molar-refractivity contribution in [2.75, 3.05) is 9.62 Å². The third kappa shape index (κ3) is 4.19. The first-order chi connectivity index (χ1) is 16.5. The number of sulfonamides is 1. The minimum atomic E-state index is -4.58. The third-order valence-corrected chi connectivity index (χ3v) is 8.35. The molecule has 1 atom stereocenters. The average Bonchev–Trinajstić information content (AvgIpc) is 3.53.